The van der Waals surface area contributed by atoms with Gasteiger partial charge in [0, 0.05) is 25.7 Å². The number of nitrogens with one attached hydrogen (secondary N) is 1. The first-order valence-corrected chi connectivity index (χ1v) is 6.34. The average molecular weight is 235 g/mol. The van der Waals surface area contributed by atoms with E-state index in [-0.39, 0.29) is 0 Å². The molecule has 1 atom stereocenters. The number of anilines is 2. The first kappa shape index (κ1) is 12.1. The molecule has 1 aromatic heterocycles. The summed E-state index contributed by atoms with van der Waals surface area (Å²) in [6.45, 7) is 5.79. The lowest BCUT2D eigenvalue weighted by Crippen LogP contribution is -2.38. The molecule has 3 N–H and O–H groups in total. The summed E-state index contributed by atoms with van der Waals surface area (Å²) in [7, 11) is 0. The van der Waals surface area contributed by atoms with Gasteiger partial charge in [0.15, 0.2) is 0 Å². The van der Waals surface area contributed by atoms with E-state index in [2.05, 4.69) is 27.1 Å². The average Bonchev–Trinajstić information content (AvgIpc) is 2.40. The van der Waals surface area contributed by atoms with Gasteiger partial charge in [0.1, 0.15) is 18.0 Å². The zero-order valence-corrected chi connectivity index (χ0v) is 10.4. The lowest BCUT2D eigenvalue weighted by Gasteiger charge is -2.33. The lowest BCUT2D eigenvalue weighted by atomic mass is 9.98. The molecule has 0 amide bonds. The van der Waals surface area contributed by atoms with E-state index in [1.54, 1.807) is 6.33 Å². The summed E-state index contributed by atoms with van der Waals surface area (Å²) in [4.78, 5) is 10.8. The molecule has 1 aromatic rings. The molecule has 0 bridgehead atoms. The van der Waals surface area contributed by atoms with Gasteiger partial charge in [-0.25, -0.2) is 9.97 Å². The summed E-state index contributed by atoms with van der Waals surface area (Å²) < 4.78 is 0. The van der Waals surface area contributed by atoms with Crippen molar-refractivity contribution in [3.05, 3.63) is 12.4 Å². The predicted octanol–water partition coefficient (Wildman–Crippen LogP) is 1.08. The monoisotopic (exact) mass is 235 g/mol. The van der Waals surface area contributed by atoms with Gasteiger partial charge >= 0.3 is 0 Å². The van der Waals surface area contributed by atoms with Crippen LogP contribution in [0.25, 0.3) is 0 Å². The van der Waals surface area contributed by atoms with Crippen molar-refractivity contribution in [2.24, 2.45) is 11.7 Å². The molecule has 2 heterocycles. The normalized spacial score (nSPS) is 20.4. The Hall–Kier alpha value is -1.36. The minimum absolute atomic E-state index is 0.598. The van der Waals surface area contributed by atoms with Crippen molar-refractivity contribution in [1.82, 2.24) is 9.97 Å². The Bertz CT molecular complexity index is 355. The molecule has 2 rings (SSSR count). The minimum atomic E-state index is 0.598. The Morgan fingerprint density at radius 3 is 3.18 bits per heavy atom. The van der Waals surface area contributed by atoms with E-state index >= 15 is 0 Å². The fraction of sp³-hybridized carbons (Fsp3) is 0.667. The molecule has 0 aromatic carbocycles. The maximum absolute atomic E-state index is 5.75. The van der Waals surface area contributed by atoms with Crippen molar-refractivity contribution in [1.29, 1.82) is 0 Å². The second-order valence-corrected chi connectivity index (χ2v) is 4.48. The maximum Gasteiger partial charge on any atom is 0.134 e. The molecule has 1 aliphatic rings. The standard InChI is InChI=1S/C12H21N5/c1-2-14-11-6-12(16-9-15-11)17-5-3-4-10(7-13)8-17/h6,9-10H,2-5,7-8,13H2,1H3,(H,14,15,16). The molecule has 94 valence electrons. The van der Waals surface area contributed by atoms with Gasteiger partial charge in [0.2, 0.25) is 0 Å². The highest BCUT2D eigenvalue weighted by molar-refractivity contribution is 5.48. The Morgan fingerprint density at radius 1 is 1.53 bits per heavy atom. The van der Waals surface area contributed by atoms with E-state index in [9.17, 15) is 0 Å². The Kier molecular flexibility index (Phi) is 4.14. The Morgan fingerprint density at radius 2 is 2.41 bits per heavy atom. The van der Waals surface area contributed by atoms with Crippen molar-refractivity contribution < 1.29 is 0 Å². The van der Waals surface area contributed by atoms with Crippen LogP contribution in [0.5, 0.6) is 0 Å². The number of hydrogen-bond donors (Lipinski definition) is 2. The van der Waals surface area contributed by atoms with Gasteiger partial charge in [0.05, 0.1) is 0 Å². The zero-order valence-electron chi connectivity index (χ0n) is 10.4. The molecule has 0 radical (unpaired) electrons. The van der Waals surface area contributed by atoms with Crippen molar-refractivity contribution in [2.45, 2.75) is 19.8 Å². The van der Waals surface area contributed by atoms with Crippen LogP contribution in [0.15, 0.2) is 12.4 Å². The summed E-state index contributed by atoms with van der Waals surface area (Å²) in [6, 6.07) is 2.02. The van der Waals surface area contributed by atoms with Gasteiger partial charge in [-0.05, 0) is 32.2 Å². The fourth-order valence-corrected chi connectivity index (χ4v) is 2.26. The Labute approximate surface area is 102 Å². The molecule has 0 saturated carbocycles. The van der Waals surface area contributed by atoms with Crippen LogP contribution in [0.2, 0.25) is 0 Å². The number of hydrogen-bond acceptors (Lipinski definition) is 5. The zero-order chi connectivity index (χ0) is 12.1. The van der Waals surface area contributed by atoms with Crippen LogP contribution < -0.4 is 16.0 Å². The van der Waals surface area contributed by atoms with Gasteiger partial charge in [-0.2, -0.15) is 0 Å². The maximum atomic E-state index is 5.75. The molecule has 1 saturated heterocycles. The van der Waals surface area contributed by atoms with E-state index in [0.29, 0.717) is 5.92 Å². The van der Waals surface area contributed by atoms with Crippen molar-refractivity contribution in [3.63, 3.8) is 0 Å². The Balaban J connectivity index is 2.07. The summed E-state index contributed by atoms with van der Waals surface area (Å²) in [5, 5.41) is 3.21. The minimum Gasteiger partial charge on any atom is -0.370 e. The van der Waals surface area contributed by atoms with E-state index in [1.165, 1.54) is 12.8 Å². The van der Waals surface area contributed by atoms with Crippen molar-refractivity contribution >= 4 is 11.6 Å². The smallest absolute Gasteiger partial charge is 0.134 e. The van der Waals surface area contributed by atoms with Gasteiger partial charge in [-0.15, -0.1) is 0 Å². The number of piperidine rings is 1. The third kappa shape index (κ3) is 3.06. The molecular weight excluding hydrogens is 214 g/mol. The van der Waals surface area contributed by atoms with Crippen LogP contribution in [0.3, 0.4) is 0 Å². The number of nitrogens with zero attached hydrogens (tertiary/aromatic N) is 3. The van der Waals surface area contributed by atoms with E-state index in [0.717, 1.165) is 37.8 Å². The van der Waals surface area contributed by atoms with Gasteiger partial charge < -0.3 is 16.0 Å². The molecule has 1 fully saturated rings. The van der Waals surface area contributed by atoms with Gasteiger partial charge in [0.25, 0.3) is 0 Å². The van der Waals surface area contributed by atoms with Crippen molar-refractivity contribution in [3.8, 4) is 0 Å². The third-order valence-electron chi connectivity index (χ3n) is 3.19. The SMILES string of the molecule is CCNc1cc(N2CCCC(CN)C2)ncn1. The van der Waals surface area contributed by atoms with E-state index in [4.69, 9.17) is 5.73 Å². The van der Waals surface area contributed by atoms with Crippen LogP contribution in [-0.2, 0) is 0 Å². The van der Waals surface area contributed by atoms with E-state index < -0.39 is 0 Å². The summed E-state index contributed by atoms with van der Waals surface area (Å²) >= 11 is 0. The topological polar surface area (TPSA) is 67.1 Å². The highest BCUT2D eigenvalue weighted by atomic mass is 15.2. The highest BCUT2D eigenvalue weighted by Gasteiger charge is 2.19. The summed E-state index contributed by atoms with van der Waals surface area (Å²) in [6.07, 6.45) is 4.06. The molecule has 0 aliphatic carbocycles. The first-order chi connectivity index (χ1) is 8.33. The number of nitrogens with two attached hydrogens (primary N) is 1. The van der Waals surface area contributed by atoms with Crippen LogP contribution in [0.1, 0.15) is 19.8 Å². The summed E-state index contributed by atoms with van der Waals surface area (Å²) in [5.41, 5.74) is 5.75. The highest BCUT2D eigenvalue weighted by Crippen LogP contribution is 2.21. The summed E-state index contributed by atoms with van der Waals surface area (Å²) in [5.74, 6) is 2.50. The molecule has 5 nitrogen and oxygen atoms in total. The molecular formula is C12H21N5. The number of rotatable bonds is 4. The quantitative estimate of drug-likeness (QED) is 0.817. The molecule has 17 heavy (non-hydrogen) atoms. The molecule has 5 heteroatoms. The van der Waals surface area contributed by atoms with Gasteiger partial charge in [-0.3, -0.25) is 0 Å². The fourth-order valence-electron chi connectivity index (χ4n) is 2.26. The van der Waals surface area contributed by atoms with Crippen LogP contribution in [0, 0.1) is 5.92 Å². The lowest BCUT2D eigenvalue weighted by molar-refractivity contribution is 0.421. The first-order valence-electron chi connectivity index (χ1n) is 6.34. The van der Waals surface area contributed by atoms with E-state index in [1.807, 2.05) is 6.07 Å². The van der Waals surface area contributed by atoms with Gasteiger partial charge in [-0.1, -0.05) is 0 Å². The van der Waals surface area contributed by atoms with Crippen LogP contribution >= 0.6 is 0 Å². The predicted molar refractivity (Wildman–Crippen MR) is 70.2 cm³/mol. The van der Waals surface area contributed by atoms with Crippen LogP contribution in [-0.4, -0.2) is 36.1 Å². The molecule has 0 spiro atoms. The second-order valence-electron chi connectivity index (χ2n) is 4.48. The molecule has 1 unspecified atom stereocenters. The number of aromatic nitrogens is 2. The van der Waals surface area contributed by atoms with Crippen LogP contribution in [0.4, 0.5) is 11.6 Å². The third-order valence-corrected chi connectivity index (χ3v) is 3.19. The van der Waals surface area contributed by atoms with Crippen molar-refractivity contribution in [2.75, 3.05) is 36.4 Å². The second kappa shape index (κ2) is 5.82. The molecule has 1 aliphatic heterocycles. The largest absolute Gasteiger partial charge is 0.370 e.